The van der Waals surface area contributed by atoms with Gasteiger partial charge in [0, 0.05) is 20.2 Å². The van der Waals surface area contributed by atoms with Crippen LogP contribution in [-0.2, 0) is 21.2 Å². The Morgan fingerprint density at radius 3 is 2.53 bits per heavy atom. The van der Waals surface area contributed by atoms with Crippen LogP contribution >= 0.6 is 39.1 Å². The van der Waals surface area contributed by atoms with Crippen LogP contribution in [0, 0.1) is 0 Å². The van der Waals surface area contributed by atoms with Gasteiger partial charge in [-0.25, -0.2) is 13.6 Å². The highest BCUT2D eigenvalue weighted by molar-refractivity contribution is 9.10. The molecule has 0 radical (unpaired) electrons. The number of anilines is 1. The van der Waals surface area contributed by atoms with Crippen LogP contribution in [0.15, 0.2) is 70.0 Å². The fraction of sp³-hybridized carbons (Fsp3) is 0.0500. The van der Waals surface area contributed by atoms with Crippen molar-refractivity contribution in [2.24, 2.45) is 5.14 Å². The molecule has 0 aliphatic carbocycles. The molecule has 0 aliphatic rings. The molecule has 3 aromatic carbocycles. The number of hydrogen-bond acceptors (Lipinski definition) is 4. The van der Waals surface area contributed by atoms with Gasteiger partial charge in [-0.15, -0.1) is 0 Å². The largest absolute Gasteiger partial charge is 0.456 e. The lowest BCUT2D eigenvalue weighted by Crippen LogP contribution is -2.17. The van der Waals surface area contributed by atoms with Gasteiger partial charge in [-0.3, -0.25) is 4.79 Å². The molecule has 30 heavy (non-hydrogen) atoms. The van der Waals surface area contributed by atoms with E-state index in [4.69, 9.17) is 33.1 Å². The number of nitrogens with one attached hydrogen (secondary N) is 1. The zero-order valence-corrected chi connectivity index (χ0v) is 19.1. The number of nitrogens with two attached hydrogens (primary N) is 1. The second-order valence-electron chi connectivity index (χ2n) is 6.23. The van der Waals surface area contributed by atoms with Crippen LogP contribution in [0.2, 0.25) is 10.0 Å². The van der Waals surface area contributed by atoms with Crippen LogP contribution in [0.1, 0.15) is 5.56 Å². The minimum atomic E-state index is -4.13. The van der Waals surface area contributed by atoms with Crippen molar-refractivity contribution in [2.75, 3.05) is 5.32 Å². The normalized spacial score (nSPS) is 11.2. The molecular weight excluding hydrogens is 515 g/mol. The number of amides is 1. The number of rotatable bonds is 6. The number of halogens is 3. The summed E-state index contributed by atoms with van der Waals surface area (Å²) in [5, 5.41) is 8.85. The van der Waals surface area contributed by atoms with E-state index in [1.807, 2.05) is 0 Å². The van der Waals surface area contributed by atoms with Gasteiger partial charge in [-0.2, -0.15) is 0 Å². The van der Waals surface area contributed by atoms with Crippen LogP contribution in [0.25, 0.3) is 0 Å². The SMILES string of the molecule is NS(=O)(=O)c1cc(NC(=O)Cc2cc(Br)ccc2Cl)ccc1Oc1cccc(Cl)c1. The fourth-order valence-corrected chi connectivity index (χ4v) is 4.06. The Morgan fingerprint density at radius 2 is 1.83 bits per heavy atom. The molecule has 0 unspecified atom stereocenters. The van der Waals surface area contributed by atoms with Crippen molar-refractivity contribution in [3.8, 4) is 11.5 Å². The third-order valence-electron chi connectivity index (χ3n) is 3.92. The standard InChI is InChI=1S/C20H15BrCl2N2O4S/c21-13-4-6-17(23)12(8-13)9-20(26)25-15-5-7-18(19(11-15)30(24,27)28)29-16-3-1-2-14(22)10-16/h1-8,10-11H,9H2,(H,25,26)(H2,24,27,28). The van der Waals surface area contributed by atoms with Crippen molar-refractivity contribution in [2.45, 2.75) is 11.3 Å². The van der Waals surface area contributed by atoms with Crippen LogP contribution < -0.4 is 15.2 Å². The molecule has 6 nitrogen and oxygen atoms in total. The zero-order valence-electron chi connectivity index (χ0n) is 15.2. The third-order valence-corrected chi connectivity index (χ3v) is 5.95. The van der Waals surface area contributed by atoms with Gasteiger partial charge in [-0.1, -0.05) is 45.2 Å². The van der Waals surface area contributed by atoms with Crippen LogP contribution in [-0.4, -0.2) is 14.3 Å². The van der Waals surface area contributed by atoms with Gasteiger partial charge in [0.15, 0.2) is 0 Å². The average Bonchev–Trinajstić information content (AvgIpc) is 2.65. The molecule has 0 aliphatic heterocycles. The number of sulfonamides is 1. The van der Waals surface area contributed by atoms with E-state index in [9.17, 15) is 13.2 Å². The van der Waals surface area contributed by atoms with Crippen molar-refractivity contribution in [1.29, 1.82) is 0 Å². The van der Waals surface area contributed by atoms with E-state index >= 15 is 0 Å². The summed E-state index contributed by atoms with van der Waals surface area (Å²) < 4.78 is 30.5. The molecule has 3 rings (SSSR count). The Bertz CT molecular complexity index is 1220. The highest BCUT2D eigenvalue weighted by Gasteiger charge is 2.18. The molecule has 1 amide bonds. The lowest BCUT2D eigenvalue weighted by molar-refractivity contribution is -0.115. The second-order valence-corrected chi connectivity index (χ2v) is 9.52. The predicted molar refractivity (Wildman–Crippen MR) is 121 cm³/mol. The van der Waals surface area contributed by atoms with Crippen molar-refractivity contribution in [3.05, 3.63) is 80.7 Å². The van der Waals surface area contributed by atoms with Crippen LogP contribution in [0.4, 0.5) is 5.69 Å². The van der Waals surface area contributed by atoms with Gasteiger partial charge in [0.25, 0.3) is 0 Å². The summed E-state index contributed by atoms with van der Waals surface area (Å²) in [5.41, 5.74) is 0.865. The Hall–Kier alpha value is -2.10. The average molecular weight is 530 g/mol. The quantitative estimate of drug-likeness (QED) is 0.448. The summed E-state index contributed by atoms with van der Waals surface area (Å²) in [5.74, 6) is -0.0276. The number of carbonyl (C=O) groups excluding carboxylic acids is 1. The molecule has 0 saturated carbocycles. The van der Waals surface area contributed by atoms with Gasteiger partial charge in [0.05, 0.1) is 6.42 Å². The molecule has 3 N–H and O–H groups in total. The van der Waals surface area contributed by atoms with Gasteiger partial charge in [-0.05, 0) is 60.2 Å². The highest BCUT2D eigenvalue weighted by atomic mass is 79.9. The number of primary sulfonamides is 1. The third kappa shape index (κ3) is 5.96. The summed E-state index contributed by atoms with van der Waals surface area (Å²) in [6.45, 7) is 0. The van der Waals surface area contributed by atoms with E-state index in [-0.39, 0.29) is 28.7 Å². The first kappa shape index (κ1) is 22.6. The first-order valence-corrected chi connectivity index (χ1v) is 11.6. The maximum atomic E-state index is 12.4. The Balaban J connectivity index is 1.84. The fourth-order valence-electron chi connectivity index (χ4n) is 2.61. The van der Waals surface area contributed by atoms with E-state index < -0.39 is 10.0 Å². The maximum absolute atomic E-state index is 12.4. The molecule has 0 bridgehead atoms. The first-order chi connectivity index (χ1) is 14.1. The number of ether oxygens (including phenoxy) is 1. The molecule has 0 heterocycles. The Morgan fingerprint density at radius 1 is 1.07 bits per heavy atom. The van der Waals surface area contributed by atoms with Crippen LogP contribution in [0.3, 0.4) is 0 Å². The molecule has 0 aromatic heterocycles. The first-order valence-electron chi connectivity index (χ1n) is 8.46. The lowest BCUT2D eigenvalue weighted by atomic mass is 10.1. The lowest BCUT2D eigenvalue weighted by Gasteiger charge is -2.13. The Labute approximate surface area is 192 Å². The molecule has 3 aromatic rings. The molecule has 0 spiro atoms. The van der Waals surface area contributed by atoms with Gasteiger partial charge in [0.1, 0.15) is 16.4 Å². The van der Waals surface area contributed by atoms with Gasteiger partial charge >= 0.3 is 0 Å². The molecule has 0 saturated heterocycles. The maximum Gasteiger partial charge on any atom is 0.241 e. The van der Waals surface area contributed by atoms with Crippen LogP contribution in [0.5, 0.6) is 11.5 Å². The van der Waals surface area contributed by atoms with Crippen molar-refractivity contribution < 1.29 is 17.9 Å². The zero-order chi connectivity index (χ0) is 21.9. The van der Waals surface area contributed by atoms with E-state index in [0.29, 0.717) is 21.4 Å². The summed E-state index contributed by atoms with van der Waals surface area (Å²) >= 11 is 15.4. The second kappa shape index (κ2) is 9.36. The monoisotopic (exact) mass is 528 g/mol. The minimum Gasteiger partial charge on any atom is -0.456 e. The molecular formula is C20H15BrCl2N2O4S. The molecule has 0 atom stereocenters. The summed E-state index contributed by atoms with van der Waals surface area (Å²) in [6.07, 6.45) is 0.00372. The summed E-state index contributed by atoms with van der Waals surface area (Å²) in [7, 11) is -4.13. The number of benzene rings is 3. The Kier molecular flexibility index (Phi) is 7.05. The van der Waals surface area contributed by atoms with Gasteiger partial charge < -0.3 is 10.1 Å². The summed E-state index contributed by atoms with van der Waals surface area (Å²) in [4.78, 5) is 12.1. The van der Waals surface area contributed by atoms with E-state index in [1.165, 1.54) is 24.3 Å². The van der Waals surface area contributed by atoms with Crippen molar-refractivity contribution >= 4 is 60.7 Å². The number of carbonyl (C=O) groups is 1. The molecule has 156 valence electrons. The minimum absolute atomic E-state index is 0.00372. The van der Waals surface area contributed by atoms with E-state index in [1.54, 1.807) is 36.4 Å². The molecule has 0 fully saturated rings. The smallest absolute Gasteiger partial charge is 0.241 e. The van der Waals surface area contributed by atoms with Crippen molar-refractivity contribution in [1.82, 2.24) is 0 Å². The molecule has 10 heteroatoms. The summed E-state index contributed by atoms with van der Waals surface area (Å²) in [6, 6.07) is 15.8. The predicted octanol–water partition coefficient (Wildman–Crippen LogP) is 5.38. The van der Waals surface area contributed by atoms with Gasteiger partial charge in [0.2, 0.25) is 15.9 Å². The number of hydrogen-bond donors (Lipinski definition) is 2. The highest BCUT2D eigenvalue weighted by Crippen LogP contribution is 2.32. The van der Waals surface area contributed by atoms with E-state index in [0.717, 1.165) is 4.47 Å². The van der Waals surface area contributed by atoms with Crippen molar-refractivity contribution in [3.63, 3.8) is 0 Å². The van der Waals surface area contributed by atoms with E-state index in [2.05, 4.69) is 21.2 Å². The topological polar surface area (TPSA) is 98.5 Å².